The normalized spacial score (nSPS) is 22.1. The van der Waals surface area contributed by atoms with E-state index in [4.69, 9.17) is 5.73 Å². The first-order valence-corrected chi connectivity index (χ1v) is 8.32. The van der Waals surface area contributed by atoms with Gasteiger partial charge in [-0.2, -0.15) is 0 Å². The number of nitrogens with two attached hydrogens (primary N) is 1. The summed E-state index contributed by atoms with van der Waals surface area (Å²) in [5.41, 5.74) is 7.27. The number of carbonyl (C=O) groups is 1. The predicted molar refractivity (Wildman–Crippen MR) is 86.8 cm³/mol. The van der Waals surface area contributed by atoms with Gasteiger partial charge < -0.3 is 10.6 Å². The molecule has 122 valence electrons. The van der Waals surface area contributed by atoms with Crippen LogP contribution < -0.4 is 5.73 Å². The lowest BCUT2D eigenvalue weighted by Gasteiger charge is -2.38. The highest BCUT2D eigenvalue weighted by molar-refractivity contribution is 5.79. The monoisotopic (exact) mass is 306 g/mol. The quantitative estimate of drug-likeness (QED) is 0.909. The van der Waals surface area contributed by atoms with Crippen LogP contribution in [0, 0.1) is 17.7 Å². The van der Waals surface area contributed by atoms with Gasteiger partial charge in [0.05, 0.1) is 0 Å². The molecule has 4 heteroatoms. The fraction of sp³-hybridized carbons (Fsp3) is 0.611. The van der Waals surface area contributed by atoms with Crippen LogP contribution in [0.5, 0.6) is 0 Å². The summed E-state index contributed by atoms with van der Waals surface area (Å²) >= 11 is 0. The summed E-state index contributed by atoms with van der Waals surface area (Å²) in [5.74, 6) is 0.489. The first-order valence-electron chi connectivity index (χ1n) is 8.32. The first-order chi connectivity index (χ1) is 10.5. The Morgan fingerprint density at radius 3 is 2.50 bits per heavy atom. The molecule has 1 fully saturated rings. The van der Waals surface area contributed by atoms with E-state index >= 15 is 0 Å². The Kier molecular flexibility index (Phi) is 5.95. The van der Waals surface area contributed by atoms with Gasteiger partial charge in [-0.3, -0.25) is 4.79 Å². The lowest BCUT2D eigenvalue weighted by molar-refractivity contribution is -0.138. The topological polar surface area (TPSA) is 46.3 Å². The summed E-state index contributed by atoms with van der Waals surface area (Å²) in [5, 5.41) is 0. The van der Waals surface area contributed by atoms with Crippen molar-refractivity contribution in [3.63, 3.8) is 0 Å². The SMILES string of the molecule is CCC(CC)C(=O)N1CC(N)CC(Cc2ccc(F)cc2)C1. The molecule has 1 aliphatic heterocycles. The van der Waals surface area contributed by atoms with Gasteiger partial charge in [-0.1, -0.05) is 26.0 Å². The second-order valence-electron chi connectivity index (χ2n) is 6.45. The van der Waals surface area contributed by atoms with Gasteiger partial charge >= 0.3 is 0 Å². The van der Waals surface area contributed by atoms with Crippen LogP contribution in [-0.4, -0.2) is 29.9 Å². The van der Waals surface area contributed by atoms with Gasteiger partial charge in [-0.05, 0) is 49.3 Å². The average molecular weight is 306 g/mol. The molecular formula is C18H27FN2O. The molecule has 2 N–H and O–H groups in total. The van der Waals surface area contributed by atoms with Gasteiger partial charge in [-0.25, -0.2) is 4.39 Å². The number of benzene rings is 1. The molecule has 22 heavy (non-hydrogen) atoms. The standard InChI is InChI=1S/C18H27FN2O/c1-3-15(4-2)18(22)21-11-14(10-17(20)12-21)9-13-5-7-16(19)8-6-13/h5-8,14-15,17H,3-4,9-12,20H2,1-2H3. The van der Waals surface area contributed by atoms with Crippen LogP contribution in [0.1, 0.15) is 38.7 Å². The number of piperidine rings is 1. The molecule has 0 saturated carbocycles. The molecule has 2 atom stereocenters. The number of hydrogen-bond donors (Lipinski definition) is 1. The van der Waals surface area contributed by atoms with Gasteiger partial charge in [0.1, 0.15) is 5.82 Å². The fourth-order valence-electron chi connectivity index (χ4n) is 3.42. The van der Waals surface area contributed by atoms with Gasteiger partial charge in [-0.15, -0.1) is 0 Å². The zero-order valence-corrected chi connectivity index (χ0v) is 13.6. The molecule has 1 aliphatic rings. The largest absolute Gasteiger partial charge is 0.341 e. The van der Waals surface area contributed by atoms with Crippen molar-refractivity contribution in [1.82, 2.24) is 4.90 Å². The van der Waals surface area contributed by atoms with Gasteiger partial charge in [0, 0.05) is 25.0 Å². The Labute approximate surface area is 132 Å². The minimum absolute atomic E-state index is 0.0394. The van der Waals surface area contributed by atoms with E-state index in [1.807, 2.05) is 17.0 Å². The molecule has 2 rings (SSSR count). The number of halogens is 1. The van der Waals surface area contributed by atoms with E-state index < -0.39 is 0 Å². The maximum Gasteiger partial charge on any atom is 0.225 e. The van der Waals surface area contributed by atoms with Crippen LogP contribution in [-0.2, 0) is 11.2 Å². The second-order valence-corrected chi connectivity index (χ2v) is 6.45. The third-order valence-electron chi connectivity index (χ3n) is 4.65. The van der Waals surface area contributed by atoms with Crippen LogP contribution in [0.4, 0.5) is 4.39 Å². The maximum atomic E-state index is 13.0. The van der Waals surface area contributed by atoms with Crippen molar-refractivity contribution in [3.8, 4) is 0 Å². The average Bonchev–Trinajstić information content (AvgIpc) is 2.50. The summed E-state index contributed by atoms with van der Waals surface area (Å²) < 4.78 is 13.0. The smallest absolute Gasteiger partial charge is 0.225 e. The van der Waals surface area contributed by atoms with Crippen LogP contribution in [0.25, 0.3) is 0 Å². The van der Waals surface area contributed by atoms with Gasteiger partial charge in [0.2, 0.25) is 5.91 Å². The third kappa shape index (κ3) is 4.29. The van der Waals surface area contributed by atoms with Crippen molar-refractivity contribution in [2.75, 3.05) is 13.1 Å². The molecule has 1 amide bonds. The zero-order valence-electron chi connectivity index (χ0n) is 13.6. The summed E-state index contributed by atoms with van der Waals surface area (Å²) in [7, 11) is 0. The highest BCUT2D eigenvalue weighted by Crippen LogP contribution is 2.23. The molecule has 3 nitrogen and oxygen atoms in total. The third-order valence-corrected chi connectivity index (χ3v) is 4.65. The van der Waals surface area contributed by atoms with Crippen molar-refractivity contribution in [2.24, 2.45) is 17.6 Å². The summed E-state index contributed by atoms with van der Waals surface area (Å²) in [6.45, 7) is 5.55. The van der Waals surface area contributed by atoms with Crippen LogP contribution >= 0.6 is 0 Å². The van der Waals surface area contributed by atoms with E-state index in [9.17, 15) is 9.18 Å². The number of hydrogen-bond acceptors (Lipinski definition) is 2. The maximum absolute atomic E-state index is 13.0. The molecule has 0 bridgehead atoms. The molecule has 1 aromatic carbocycles. The number of likely N-dealkylation sites (tertiary alicyclic amines) is 1. The van der Waals surface area contributed by atoms with E-state index in [0.29, 0.717) is 12.5 Å². The zero-order chi connectivity index (χ0) is 16.1. The number of amides is 1. The van der Waals surface area contributed by atoms with E-state index in [1.54, 1.807) is 0 Å². The minimum atomic E-state index is -0.213. The van der Waals surface area contributed by atoms with E-state index in [2.05, 4.69) is 13.8 Å². The van der Waals surface area contributed by atoms with Crippen molar-refractivity contribution < 1.29 is 9.18 Å². The Balaban J connectivity index is 2.01. The highest BCUT2D eigenvalue weighted by Gasteiger charge is 2.30. The Hall–Kier alpha value is -1.42. The molecule has 0 spiro atoms. The molecule has 0 radical (unpaired) electrons. The van der Waals surface area contributed by atoms with Gasteiger partial charge in [0.25, 0.3) is 0 Å². The summed E-state index contributed by atoms with van der Waals surface area (Å²) in [6.07, 6.45) is 3.53. The van der Waals surface area contributed by atoms with E-state index in [-0.39, 0.29) is 23.7 Å². The van der Waals surface area contributed by atoms with Crippen LogP contribution in [0.2, 0.25) is 0 Å². The molecule has 0 aliphatic carbocycles. The van der Waals surface area contributed by atoms with Crippen molar-refractivity contribution >= 4 is 5.91 Å². The van der Waals surface area contributed by atoms with Crippen LogP contribution in [0.3, 0.4) is 0 Å². The summed E-state index contributed by atoms with van der Waals surface area (Å²) in [6, 6.07) is 6.67. The Morgan fingerprint density at radius 1 is 1.27 bits per heavy atom. The second kappa shape index (κ2) is 7.73. The number of carbonyl (C=O) groups excluding carboxylic acids is 1. The van der Waals surface area contributed by atoms with Gasteiger partial charge in [0.15, 0.2) is 0 Å². The lowest BCUT2D eigenvalue weighted by atomic mass is 9.88. The molecule has 0 aromatic heterocycles. The van der Waals surface area contributed by atoms with Crippen molar-refractivity contribution in [1.29, 1.82) is 0 Å². The number of rotatable bonds is 5. The van der Waals surface area contributed by atoms with Crippen molar-refractivity contribution in [2.45, 2.75) is 45.6 Å². The first kappa shape index (κ1) is 16.9. The lowest BCUT2D eigenvalue weighted by Crippen LogP contribution is -2.51. The fourth-order valence-corrected chi connectivity index (χ4v) is 3.42. The minimum Gasteiger partial charge on any atom is -0.341 e. The molecule has 1 saturated heterocycles. The molecular weight excluding hydrogens is 279 g/mol. The van der Waals surface area contributed by atoms with Crippen LogP contribution in [0.15, 0.2) is 24.3 Å². The highest BCUT2D eigenvalue weighted by atomic mass is 19.1. The Morgan fingerprint density at radius 2 is 1.91 bits per heavy atom. The van der Waals surface area contributed by atoms with E-state index in [0.717, 1.165) is 37.8 Å². The van der Waals surface area contributed by atoms with E-state index in [1.165, 1.54) is 12.1 Å². The molecule has 1 aromatic rings. The predicted octanol–water partition coefficient (Wildman–Crippen LogP) is 2.98. The summed E-state index contributed by atoms with van der Waals surface area (Å²) in [4.78, 5) is 14.5. The van der Waals surface area contributed by atoms with Crippen molar-refractivity contribution in [3.05, 3.63) is 35.6 Å². The number of nitrogens with zero attached hydrogens (tertiary/aromatic N) is 1. The molecule has 1 heterocycles. The Bertz CT molecular complexity index is 484. The molecule has 2 unspecified atom stereocenters.